The molecule has 0 aliphatic carbocycles. The van der Waals surface area contributed by atoms with E-state index in [1.54, 1.807) is 13.8 Å². The smallest absolute Gasteiger partial charge is 0.219 e. The second kappa shape index (κ2) is 7.46. The van der Waals surface area contributed by atoms with Crippen LogP contribution in [0.25, 0.3) is 0 Å². The van der Waals surface area contributed by atoms with Gasteiger partial charge in [-0.15, -0.1) is 0 Å². The Labute approximate surface area is 149 Å². The van der Waals surface area contributed by atoms with Crippen LogP contribution in [-0.4, -0.2) is 41.3 Å². The predicted octanol–water partition coefficient (Wildman–Crippen LogP) is 3.63. The quantitative estimate of drug-likeness (QED) is 0.801. The van der Waals surface area contributed by atoms with Gasteiger partial charge in [-0.3, -0.25) is 9.59 Å². The highest BCUT2D eigenvalue weighted by Gasteiger charge is 2.41. The first-order valence-electron chi connectivity index (χ1n) is 9.32. The molecule has 2 bridgehead atoms. The number of fused-ring (bicyclic) bond motifs is 2. The van der Waals surface area contributed by atoms with E-state index in [2.05, 4.69) is 10.2 Å². The van der Waals surface area contributed by atoms with Crippen molar-refractivity contribution in [2.45, 2.75) is 71.0 Å². The molecule has 5 nitrogen and oxygen atoms in total. The van der Waals surface area contributed by atoms with E-state index in [4.69, 9.17) is 4.74 Å². The third-order valence-electron chi connectivity index (χ3n) is 5.29. The summed E-state index contributed by atoms with van der Waals surface area (Å²) in [5.41, 5.74) is 1.58. The van der Waals surface area contributed by atoms with Crippen molar-refractivity contribution in [3.63, 3.8) is 0 Å². The molecule has 0 saturated carbocycles. The number of ketones is 1. The summed E-state index contributed by atoms with van der Waals surface area (Å²) in [4.78, 5) is 25.8. The number of carbonyl (C=O) groups excluding carboxylic acids is 2. The number of nitrogens with zero attached hydrogens (tertiary/aromatic N) is 1. The summed E-state index contributed by atoms with van der Waals surface area (Å²) in [6.45, 7) is 5.90. The Morgan fingerprint density at radius 3 is 2.44 bits per heavy atom. The van der Waals surface area contributed by atoms with Crippen LogP contribution in [0.5, 0.6) is 5.75 Å². The maximum Gasteiger partial charge on any atom is 0.219 e. The Balaban J connectivity index is 1.70. The maximum absolute atomic E-state index is 12.0. The number of benzene rings is 1. The Hall–Kier alpha value is -2.04. The summed E-state index contributed by atoms with van der Waals surface area (Å²) in [6, 6.07) is 6.81. The number of rotatable bonds is 6. The zero-order valence-electron chi connectivity index (χ0n) is 15.4. The van der Waals surface area contributed by atoms with Crippen LogP contribution < -0.4 is 10.1 Å². The summed E-state index contributed by atoms with van der Waals surface area (Å²) in [7, 11) is 0. The van der Waals surface area contributed by atoms with E-state index in [0.717, 1.165) is 37.8 Å². The van der Waals surface area contributed by atoms with Gasteiger partial charge in [-0.2, -0.15) is 0 Å². The van der Waals surface area contributed by atoms with Crippen LogP contribution in [0.4, 0.5) is 5.69 Å². The average Bonchev–Trinajstić information content (AvgIpc) is 2.85. The molecule has 1 amide bonds. The van der Waals surface area contributed by atoms with Crippen LogP contribution in [0.15, 0.2) is 18.2 Å². The van der Waals surface area contributed by atoms with Crippen LogP contribution in [0.3, 0.4) is 0 Å². The summed E-state index contributed by atoms with van der Waals surface area (Å²) >= 11 is 0. The number of anilines is 1. The number of piperidine rings is 1. The van der Waals surface area contributed by atoms with Crippen molar-refractivity contribution in [2.75, 3.05) is 11.9 Å². The molecule has 2 heterocycles. The summed E-state index contributed by atoms with van der Waals surface area (Å²) in [5, 5.41) is 3.57. The lowest BCUT2D eigenvalue weighted by atomic mass is 9.96. The van der Waals surface area contributed by atoms with Gasteiger partial charge in [0, 0.05) is 30.7 Å². The first-order chi connectivity index (χ1) is 12.0. The topological polar surface area (TPSA) is 58.6 Å². The van der Waals surface area contributed by atoms with E-state index in [-0.39, 0.29) is 11.7 Å². The molecule has 1 aromatic carbocycles. The third-order valence-corrected chi connectivity index (χ3v) is 5.29. The largest absolute Gasteiger partial charge is 0.493 e. The van der Waals surface area contributed by atoms with Gasteiger partial charge in [-0.05, 0) is 57.2 Å². The molecule has 0 aromatic heterocycles. The molecule has 5 heteroatoms. The fourth-order valence-electron chi connectivity index (χ4n) is 4.28. The zero-order valence-corrected chi connectivity index (χ0v) is 15.4. The van der Waals surface area contributed by atoms with Crippen molar-refractivity contribution in [1.29, 1.82) is 0 Å². The van der Waals surface area contributed by atoms with Gasteiger partial charge in [0.05, 0.1) is 12.2 Å². The molecule has 1 aromatic rings. The second-order valence-corrected chi connectivity index (χ2v) is 7.24. The summed E-state index contributed by atoms with van der Waals surface area (Å²) in [6.07, 6.45) is 5.06. The molecule has 2 aliphatic heterocycles. The van der Waals surface area contributed by atoms with Crippen LogP contribution in [0.1, 0.15) is 63.2 Å². The maximum atomic E-state index is 12.0. The van der Waals surface area contributed by atoms with E-state index in [9.17, 15) is 9.59 Å². The molecule has 25 heavy (non-hydrogen) atoms. The van der Waals surface area contributed by atoms with Crippen LogP contribution >= 0.6 is 0 Å². The molecule has 2 fully saturated rings. The standard InChI is InChI=1S/C20H28N2O3/c1-4-9-25-20-8-5-15(12-19(20)13(2)23)21-16-10-17-6-7-18(11-16)22(17)14(3)24/h5,8,12,16-18,21H,4,6-7,9-11H2,1-3H3. The molecular weight excluding hydrogens is 316 g/mol. The number of nitrogens with one attached hydrogen (secondary N) is 1. The summed E-state index contributed by atoms with van der Waals surface area (Å²) < 4.78 is 5.68. The van der Waals surface area contributed by atoms with Crippen LogP contribution in [-0.2, 0) is 4.79 Å². The SMILES string of the molecule is CCCOc1ccc(NC2CC3CCC(C2)N3C(C)=O)cc1C(C)=O. The number of hydrogen-bond acceptors (Lipinski definition) is 4. The van der Waals surface area contributed by atoms with Crippen molar-refractivity contribution >= 4 is 17.4 Å². The number of amides is 1. The predicted molar refractivity (Wildman–Crippen MR) is 98.2 cm³/mol. The van der Waals surface area contributed by atoms with Gasteiger partial charge in [0.2, 0.25) is 5.91 Å². The second-order valence-electron chi connectivity index (χ2n) is 7.24. The highest BCUT2D eigenvalue weighted by molar-refractivity contribution is 5.97. The van der Waals surface area contributed by atoms with Gasteiger partial charge in [0.25, 0.3) is 0 Å². The van der Waals surface area contributed by atoms with E-state index < -0.39 is 0 Å². The average molecular weight is 344 g/mol. The normalized spacial score (nSPS) is 24.9. The van der Waals surface area contributed by atoms with E-state index in [1.807, 2.05) is 25.1 Å². The van der Waals surface area contributed by atoms with Gasteiger partial charge < -0.3 is 15.0 Å². The number of hydrogen-bond donors (Lipinski definition) is 1. The molecule has 2 atom stereocenters. The van der Waals surface area contributed by atoms with Crippen LogP contribution in [0.2, 0.25) is 0 Å². The third kappa shape index (κ3) is 3.80. The first kappa shape index (κ1) is 17.8. The Kier molecular flexibility index (Phi) is 5.30. The van der Waals surface area contributed by atoms with Gasteiger partial charge in [0.15, 0.2) is 5.78 Å². The Morgan fingerprint density at radius 2 is 1.88 bits per heavy atom. The minimum absolute atomic E-state index is 0.0150. The first-order valence-corrected chi connectivity index (χ1v) is 9.32. The lowest BCUT2D eigenvalue weighted by Crippen LogP contribution is -2.48. The molecule has 0 spiro atoms. The lowest BCUT2D eigenvalue weighted by molar-refractivity contribution is -0.133. The molecular formula is C20H28N2O3. The fraction of sp³-hybridized carbons (Fsp3) is 0.600. The van der Waals surface area contributed by atoms with E-state index in [0.29, 0.717) is 36.0 Å². The highest BCUT2D eigenvalue weighted by atomic mass is 16.5. The minimum Gasteiger partial charge on any atom is -0.493 e. The van der Waals surface area contributed by atoms with Gasteiger partial charge in [-0.25, -0.2) is 0 Å². The summed E-state index contributed by atoms with van der Waals surface area (Å²) in [5.74, 6) is 0.870. The number of ether oxygens (including phenoxy) is 1. The van der Waals surface area contributed by atoms with Crippen molar-refractivity contribution < 1.29 is 14.3 Å². The van der Waals surface area contributed by atoms with Crippen molar-refractivity contribution in [3.05, 3.63) is 23.8 Å². The van der Waals surface area contributed by atoms with E-state index >= 15 is 0 Å². The van der Waals surface area contributed by atoms with Gasteiger partial charge in [0.1, 0.15) is 5.75 Å². The molecule has 0 radical (unpaired) electrons. The van der Waals surface area contributed by atoms with Gasteiger partial charge >= 0.3 is 0 Å². The fourth-order valence-corrected chi connectivity index (χ4v) is 4.28. The number of Topliss-reactive ketones (excluding diaryl/α,β-unsaturated/α-hetero) is 1. The van der Waals surface area contributed by atoms with Crippen molar-refractivity contribution in [1.82, 2.24) is 4.90 Å². The van der Waals surface area contributed by atoms with Crippen molar-refractivity contribution in [3.8, 4) is 5.75 Å². The molecule has 136 valence electrons. The Bertz CT molecular complexity index is 644. The molecule has 2 saturated heterocycles. The Morgan fingerprint density at radius 1 is 1.20 bits per heavy atom. The minimum atomic E-state index is 0.0150. The molecule has 1 N–H and O–H groups in total. The zero-order chi connectivity index (χ0) is 18.0. The van der Waals surface area contributed by atoms with Gasteiger partial charge in [-0.1, -0.05) is 6.92 Å². The molecule has 2 aliphatic rings. The molecule has 2 unspecified atom stereocenters. The van der Waals surface area contributed by atoms with Crippen molar-refractivity contribution in [2.24, 2.45) is 0 Å². The number of carbonyl (C=O) groups is 2. The van der Waals surface area contributed by atoms with Crippen LogP contribution in [0, 0.1) is 0 Å². The lowest BCUT2D eigenvalue weighted by Gasteiger charge is -2.39. The molecule has 3 rings (SSSR count). The highest BCUT2D eigenvalue weighted by Crippen LogP contribution is 2.37. The monoisotopic (exact) mass is 344 g/mol. The van der Waals surface area contributed by atoms with E-state index in [1.165, 1.54) is 0 Å².